The van der Waals surface area contributed by atoms with Gasteiger partial charge in [-0.05, 0) is 33.4 Å². The molecule has 6 aromatic carbocycles. The Bertz CT molecular complexity index is 2150. The second kappa shape index (κ2) is 12.1. The van der Waals surface area contributed by atoms with Gasteiger partial charge in [0, 0.05) is 16.7 Å². The Morgan fingerprint density at radius 3 is 0.776 bits per heavy atom. The van der Waals surface area contributed by atoms with E-state index in [1.54, 1.807) is 4.90 Å². The van der Waals surface area contributed by atoms with Crippen LogP contribution in [-0.4, -0.2) is 40.3 Å². The molecule has 0 amide bonds. The van der Waals surface area contributed by atoms with E-state index in [-0.39, 0.29) is 0 Å². The minimum Gasteiger partial charge on any atom is -0.213 e. The molecule has 7 nitrogen and oxygen atoms in total. The van der Waals surface area contributed by atoms with Gasteiger partial charge >= 0.3 is 0 Å². The van der Waals surface area contributed by atoms with E-state index in [4.69, 9.17) is 30.0 Å². The molecule has 0 aliphatic carbocycles. The van der Waals surface area contributed by atoms with E-state index in [9.17, 15) is 0 Å². The second-order valence-electron chi connectivity index (χ2n) is 11.6. The first-order valence-corrected chi connectivity index (χ1v) is 16.1. The molecule has 0 radical (unpaired) electrons. The zero-order chi connectivity index (χ0) is 32.6. The number of hydrogen-bond donors (Lipinski definition) is 0. The Hall–Kier alpha value is -6.86. The molecule has 49 heavy (non-hydrogen) atoms. The summed E-state index contributed by atoms with van der Waals surface area (Å²) in [5, 5.41) is 0. The lowest BCUT2D eigenvalue weighted by Gasteiger charge is -2.31. The highest BCUT2D eigenvalue weighted by Gasteiger charge is 2.36. The van der Waals surface area contributed by atoms with Crippen molar-refractivity contribution in [1.29, 1.82) is 0 Å². The molecule has 0 bridgehead atoms. The molecule has 0 saturated heterocycles. The molecule has 0 saturated carbocycles. The highest BCUT2D eigenvalue weighted by Crippen LogP contribution is 2.31. The first kappa shape index (κ1) is 28.4. The van der Waals surface area contributed by atoms with E-state index in [1.807, 2.05) is 109 Å². The summed E-state index contributed by atoms with van der Waals surface area (Å²) in [4.78, 5) is 32.1. The summed E-state index contributed by atoms with van der Waals surface area (Å²) < 4.78 is 0. The fourth-order valence-corrected chi connectivity index (χ4v) is 6.29. The van der Waals surface area contributed by atoms with Crippen molar-refractivity contribution in [3.63, 3.8) is 0 Å². The number of aliphatic imine (C=N–C) groups is 6. The molecule has 0 fully saturated rings. The highest BCUT2D eigenvalue weighted by molar-refractivity contribution is 6.35. The topological polar surface area (TPSA) is 77.4 Å². The number of hydrogen-bond acceptors (Lipinski definition) is 7. The standard InChI is InChI=1S/C42H27N7/c1-4-16-28(17-5-1)31-22-10-13-25-34(31)37-43-40-45-38(35-26-14-11-23-32(35)29-18-6-2-7-19-29)47-42-48-39(46-41(44-37)49(40)42)36-27-15-12-24-33(36)30-20-8-3-9-21-30/h1-27H. The van der Waals surface area contributed by atoms with Crippen molar-refractivity contribution in [2.45, 2.75) is 0 Å². The molecule has 3 aliphatic rings. The smallest absolute Gasteiger partial charge is 0.213 e. The summed E-state index contributed by atoms with van der Waals surface area (Å²) in [6.45, 7) is 0. The molecule has 7 heteroatoms. The average molecular weight is 630 g/mol. The summed E-state index contributed by atoms with van der Waals surface area (Å²) in [5.41, 5.74) is 8.89. The normalized spacial score (nSPS) is 14.8. The first-order chi connectivity index (χ1) is 24.3. The molecule has 230 valence electrons. The van der Waals surface area contributed by atoms with Crippen LogP contribution in [-0.2, 0) is 0 Å². The zero-order valence-electron chi connectivity index (χ0n) is 26.2. The van der Waals surface area contributed by atoms with Crippen LogP contribution in [0.3, 0.4) is 0 Å². The molecule has 3 heterocycles. The number of guanidine groups is 3. The van der Waals surface area contributed by atoms with Gasteiger partial charge in [-0.3, -0.25) is 0 Å². The Morgan fingerprint density at radius 1 is 0.245 bits per heavy atom. The Morgan fingerprint density at radius 2 is 0.490 bits per heavy atom. The summed E-state index contributed by atoms with van der Waals surface area (Å²) in [5.74, 6) is 2.78. The Balaban J connectivity index is 1.26. The average Bonchev–Trinajstić information content (AvgIpc) is 3.18. The molecule has 0 unspecified atom stereocenters. The quantitative estimate of drug-likeness (QED) is 0.182. The van der Waals surface area contributed by atoms with Crippen LogP contribution in [0.2, 0.25) is 0 Å². The molecule has 9 rings (SSSR count). The van der Waals surface area contributed by atoms with Crippen LogP contribution < -0.4 is 0 Å². The van der Waals surface area contributed by atoms with E-state index in [0.717, 1.165) is 50.1 Å². The third-order valence-electron chi connectivity index (χ3n) is 8.59. The molecule has 0 aromatic heterocycles. The van der Waals surface area contributed by atoms with E-state index < -0.39 is 0 Å². The number of rotatable bonds is 6. The maximum Gasteiger partial charge on any atom is 0.243 e. The lowest BCUT2D eigenvalue weighted by molar-refractivity contribution is 0.828. The van der Waals surface area contributed by atoms with E-state index in [1.165, 1.54) is 0 Å². The van der Waals surface area contributed by atoms with Gasteiger partial charge in [0.15, 0.2) is 17.5 Å². The van der Waals surface area contributed by atoms with Crippen molar-refractivity contribution < 1.29 is 0 Å². The largest absolute Gasteiger partial charge is 0.243 e. The minimum absolute atomic E-state index is 0.411. The molecule has 0 spiro atoms. The highest BCUT2D eigenvalue weighted by atomic mass is 15.5. The van der Waals surface area contributed by atoms with Crippen molar-refractivity contribution >= 4 is 35.4 Å². The van der Waals surface area contributed by atoms with Crippen LogP contribution in [0.4, 0.5) is 0 Å². The molecule has 3 aliphatic heterocycles. The minimum atomic E-state index is 0.411. The van der Waals surface area contributed by atoms with E-state index >= 15 is 0 Å². The van der Waals surface area contributed by atoms with E-state index in [0.29, 0.717) is 35.4 Å². The Kier molecular flexibility index (Phi) is 6.98. The zero-order valence-corrected chi connectivity index (χ0v) is 26.2. The van der Waals surface area contributed by atoms with Crippen molar-refractivity contribution in [2.24, 2.45) is 30.0 Å². The molecule has 6 aromatic rings. The fourth-order valence-electron chi connectivity index (χ4n) is 6.29. The van der Waals surface area contributed by atoms with E-state index in [2.05, 4.69) is 54.6 Å². The van der Waals surface area contributed by atoms with Gasteiger partial charge in [-0.15, -0.1) is 0 Å². The lowest BCUT2D eigenvalue weighted by atomic mass is 9.98. The SMILES string of the molecule is c1ccc(-c2ccccc2C2=NC3=NC(c4ccccc4-c4ccccc4)=NC4=NC(c5ccccc5-c5ccccc5)=NC(=N2)N34)cc1. The van der Waals surface area contributed by atoms with Crippen LogP contribution in [0, 0.1) is 0 Å². The lowest BCUT2D eigenvalue weighted by Crippen LogP contribution is -2.48. The molecular weight excluding hydrogens is 603 g/mol. The molecular formula is C42H27N7. The van der Waals surface area contributed by atoms with Crippen LogP contribution in [0.25, 0.3) is 33.4 Å². The van der Waals surface area contributed by atoms with Crippen LogP contribution in [0.5, 0.6) is 0 Å². The van der Waals surface area contributed by atoms with Crippen LogP contribution in [0.15, 0.2) is 194 Å². The number of benzene rings is 6. The predicted molar refractivity (Wildman–Crippen MR) is 199 cm³/mol. The van der Waals surface area contributed by atoms with Gasteiger partial charge in [0.05, 0.1) is 0 Å². The maximum absolute atomic E-state index is 5.06. The van der Waals surface area contributed by atoms with Gasteiger partial charge in [-0.25, -0.2) is 4.90 Å². The summed E-state index contributed by atoms with van der Waals surface area (Å²) in [6, 6.07) is 55.2. The van der Waals surface area contributed by atoms with Gasteiger partial charge < -0.3 is 0 Å². The van der Waals surface area contributed by atoms with Gasteiger partial charge in [-0.2, -0.15) is 30.0 Å². The number of amidine groups is 3. The van der Waals surface area contributed by atoms with Crippen molar-refractivity contribution in [3.8, 4) is 33.4 Å². The predicted octanol–water partition coefficient (Wildman–Crippen LogP) is 8.74. The third-order valence-corrected chi connectivity index (χ3v) is 8.59. The maximum atomic E-state index is 5.06. The Labute approximate surface area is 283 Å². The molecule has 0 N–H and O–H groups in total. The van der Waals surface area contributed by atoms with Crippen molar-refractivity contribution in [1.82, 2.24) is 4.90 Å². The third kappa shape index (κ3) is 5.20. The van der Waals surface area contributed by atoms with Gasteiger partial charge in [0.2, 0.25) is 17.9 Å². The summed E-state index contributed by atoms with van der Waals surface area (Å²) in [7, 11) is 0. The first-order valence-electron chi connectivity index (χ1n) is 16.1. The van der Waals surface area contributed by atoms with Crippen LogP contribution >= 0.6 is 0 Å². The van der Waals surface area contributed by atoms with Gasteiger partial charge in [0.1, 0.15) is 0 Å². The summed E-state index contributed by atoms with van der Waals surface area (Å²) >= 11 is 0. The van der Waals surface area contributed by atoms with Crippen molar-refractivity contribution in [3.05, 3.63) is 180 Å². The second-order valence-corrected chi connectivity index (χ2v) is 11.6. The fraction of sp³-hybridized carbons (Fsp3) is 0. The van der Waals surface area contributed by atoms with Crippen molar-refractivity contribution in [2.75, 3.05) is 0 Å². The van der Waals surface area contributed by atoms with Gasteiger partial charge in [-0.1, -0.05) is 164 Å². The van der Waals surface area contributed by atoms with Gasteiger partial charge in [0.25, 0.3) is 0 Å². The van der Waals surface area contributed by atoms with Crippen LogP contribution in [0.1, 0.15) is 16.7 Å². The number of nitrogens with zero attached hydrogens (tertiary/aromatic N) is 7. The monoisotopic (exact) mass is 629 g/mol. The summed E-state index contributed by atoms with van der Waals surface area (Å²) in [6.07, 6.45) is 0. The molecule has 0 atom stereocenters.